The van der Waals surface area contributed by atoms with Crippen LogP contribution in [0.1, 0.15) is 6.42 Å². The molecule has 1 aromatic rings. The van der Waals surface area contributed by atoms with Gasteiger partial charge in [-0.05, 0) is 20.0 Å². The maximum Gasteiger partial charge on any atom is 0.232 e. The molecule has 0 radical (unpaired) electrons. The van der Waals surface area contributed by atoms with Crippen LogP contribution in [0, 0.1) is 0 Å². The van der Waals surface area contributed by atoms with Crippen LogP contribution in [0.4, 0.5) is 5.69 Å². The molecule has 8 heteroatoms. The Hall–Kier alpha value is -1.18. The molecule has 114 valence electrons. The van der Waals surface area contributed by atoms with Gasteiger partial charge in [0.1, 0.15) is 11.5 Å². The molecule has 1 rings (SSSR count). The van der Waals surface area contributed by atoms with E-state index in [-0.39, 0.29) is 5.75 Å². The molecule has 0 amide bonds. The first-order valence-corrected chi connectivity index (χ1v) is 8.03. The number of methoxy groups -OCH3 is 2. The molecule has 0 heterocycles. The van der Waals surface area contributed by atoms with E-state index in [4.69, 9.17) is 21.1 Å². The van der Waals surface area contributed by atoms with E-state index in [0.717, 1.165) is 0 Å². The fraction of sp³-hybridized carbons (Fsp3) is 0.500. The Morgan fingerprint density at radius 2 is 1.85 bits per heavy atom. The average Bonchev–Trinajstić information content (AvgIpc) is 2.40. The smallest absolute Gasteiger partial charge is 0.232 e. The molecule has 0 fully saturated rings. The molecule has 0 unspecified atom stereocenters. The lowest BCUT2D eigenvalue weighted by Crippen LogP contribution is -2.20. The molecule has 20 heavy (non-hydrogen) atoms. The van der Waals surface area contributed by atoms with Crippen LogP contribution >= 0.6 is 11.6 Å². The highest BCUT2D eigenvalue weighted by molar-refractivity contribution is 7.92. The molecule has 0 aliphatic rings. The minimum Gasteiger partial charge on any atom is -0.495 e. The van der Waals surface area contributed by atoms with E-state index in [1.165, 1.54) is 26.4 Å². The number of rotatable bonds is 8. The molecule has 2 N–H and O–H groups in total. The van der Waals surface area contributed by atoms with Crippen LogP contribution in [0.25, 0.3) is 0 Å². The van der Waals surface area contributed by atoms with Gasteiger partial charge in [0.05, 0.1) is 30.7 Å². The molecular weight excluding hydrogens is 304 g/mol. The molecule has 0 saturated heterocycles. The first-order chi connectivity index (χ1) is 9.43. The molecular formula is C12H19ClN2O4S. The summed E-state index contributed by atoms with van der Waals surface area (Å²) in [5, 5.41) is 3.25. The Morgan fingerprint density at radius 1 is 1.20 bits per heavy atom. The topological polar surface area (TPSA) is 76.7 Å². The lowest BCUT2D eigenvalue weighted by molar-refractivity contribution is 0.405. The van der Waals surface area contributed by atoms with E-state index in [2.05, 4.69) is 10.0 Å². The number of nitrogens with one attached hydrogen (secondary N) is 2. The predicted molar refractivity (Wildman–Crippen MR) is 80.5 cm³/mol. The largest absolute Gasteiger partial charge is 0.495 e. The van der Waals surface area contributed by atoms with Crippen molar-refractivity contribution < 1.29 is 17.9 Å². The zero-order chi connectivity index (χ0) is 15.2. The van der Waals surface area contributed by atoms with Gasteiger partial charge in [-0.2, -0.15) is 0 Å². The fourth-order valence-corrected chi connectivity index (χ4v) is 2.95. The SMILES string of the molecule is CNCCCS(=O)(=O)Nc1cc(OC)c(Cl)cc1OC. The van der Waals surface area contributed by atoms with E-state index in [1.807, 2.05) is 0 Å². The van der Waals surface area contributed by atoms with E-state index >= 15 is 0 Å². The second kappa shape index (κ2) is 7.56. The van der Waals surface area contributed by atoms with Crippen molar-refractivity contribution in [3.63, 3.8) is 0 Å². The van der Waals surface area contributed by atoms with Crippen molar-refractivity contribution in [2.24, 2.45) is 0 Å². The second-order valence-corrected chi connectivity index (χ2v) is 6.31. The van der Waals surface area contributed by atoms with Crippen molar-refractivity contribution in [3.05, 3.63) is 17.2 Å². The summed E-state index contributed by atoms with van der Waals surface area (Å²) < 4.78 is 36.6. The summed E-state index contributed by atoms with van der Waals surface area (Å²) in [6.45, 7) is 0.627. The molecule has 0 spiro atoms. The Bertz CT molecular complexity index is 549. The van der Waals surface area contributed by atoms with Gasteiger partial charge in [-0.15, -0.1) is 0 Å². The molecule has 0 atom stereocenters. The quantitative estimate of drug-likeness (QED) is 0.713. The van der Waals surface area contributed by atoms with Gasteiger partial charge in [-0.3, -0.25) is 4.72 Å². The molecule has 0 saturated carbocycles. The summed E-state index contributed by atoms with van der Waals surface area (Å²) in [6, 6.07) is 3.00. The van der Waals surface area contributed by atoms with Crippen molar-refractivity contribution in [2.45, 2.75) is 6.42 Å². The third-order valence-electron chi connectivity index (χ3n) is 2.58. The van der Waals surface area contributed by atoms with Crippen LogP contribution in [0.15, 0.2) is 12.1 Å². The normalized spacial score (nSPS) is 11.2. The Morgan fingerprint density at radius 3 is 2.40 bits per heavy atom. The lowest BCUT2D eigenvalue weighted by atomic mass is 10.3. The predicted octanol–water partition coefficient (Wildman–Crippen LogP) is 1.71. The van der Waals surface area contributed by atoms with Crippen LogP contribution in [0.5, 0.6) is 11.5 Å². The maximum atomic E-state index is 12.0. The van der Waals surface area contributed by atoms with Gasteiger partial charge in [0.15, 0.2) is 0 Å². The van der Waals surface area contributed by atoms with Crippen LogP contribution in [-0.2, 0) is 10.0 Å². The minimum absolute atomic E-state index is 0.0158. The summed E-state index contributed by atoms with van der Waals surface area (Å²) in [5.41, 5.74) is 0.304. The molecule has 6 nitrogen and oxygen atoms in total. The summed E-state index contributed by atoms with van der Waals surface area (Å²) in [5.74, 6) is 0.732. The maximum absolute atomic E-state index is 12.0. The number of sulfonamides is 1. The number of anilines is 1. The number of hydrogen-bond donors (Lipinski definition) is 2. The van der Waals surface area contributed by atoms with E-state index in [9.17, 15) is 8.42 Å². The monoisotopic (exact) mass is 322 g/mol. The number of benzene rings is 1. The fourth-order valence-electron chi connectivity index (χ4n) is 1.60. The Balaban J connectivity index is 2.95. The number of halogens is 1. The van der Waals surface area contributed by atoms with Gasteiger partial charge >= 0.3 is 0 Å². The third kappa shape index (κ3) is 4.73. The van der Waals surface area contributed by atoms with Gasteiger partial charge in [0, 0.05) is 12.1 Å². The van der Waals surface area contributed by atoms with Gasteiger partial charge in [-0.1, -0.05) is 11.6 Å². The second-order valence-electron chi connectivity index (χ2n) is 4.07. The number of hydrogen-bond acceptors (Lipinski definition) is 5. The highest BCUT2D eigenvalue weighted by Crippen LogP contribution is 2.36. The molecule has 0 aliphatic heterocycles. The zero-order valence-electron chi connectivity index (χ0n) is 11.7. The summed E-state index contributed by atoms with van der Waals surface area (Å²) in [6.07, 6.45) is 0.513. The first-order valence-electron chi connectivity index (χ1n) is 6.00. The van der Waals surface area contributed by atoms with Crippen LogP contribution in [0.2, 0.25) is 5.02 Å². The molecule has 1 aromatic carbocycles. The van der Waals surface area contributed by atoms with Crippen LogP contribution in [0.3, 0.4) is 0 Å². The van der Waals surface area contributed by atoms with Crippen molar-refractivity contribution in [3.8, 4) is 11.5 Å². The zero-order valence-corrected chi connectivity index (χ0v) is 13.3. The molecule has 0 aliphatic carbocycles. The van der Waals surface area contributed by atoms with Crippen molar-refractivity contribution in [2.75, 3.05) is 38.3 Å². The minimum atomic E-state index is -3.45. The van der Waals surface area contributed by atoms with E-state index in [0.29, 0.717) is 35.2 Å². The highest BCUT2D eigenvalue weighted by atomic mass is 35.5. The van der Waals surface area contributed by atoms with Gasteiger partial charge in [0.2, 0.25) is 10.0 Å². The van der Waals surface area contributed by atoms with Crippen LogP contribution in [-0.4, -0.2) is 42.0 Å². The van der Waals surface area contributed by atoms with Crippen molar-refractivity contribution >= 4 is 27.3 Å². The number of ether oxygens (including phenoxy) is 2. The van der Waals surface area contributed by atoms with Crippen LogP contribution < -0.4 is 19.5 Å². The third-order valence-corrected chi connectivity index (χ3v) is 4.23. The standard InChI is InChI=1S/C12H19ClN2O4S/c1-14-5-4-6-20(16,17)15-10-8-11(18-2)9(13)7-12(10)19-3/h7-8,14-15H,4-6H2,1-3H3. The first kappa shape index (κ1) is 16.9. The van der Waals surface area contributed by atoms with Crippen molar-refractivity contribution in [1.82, 2.24) is 5.32 Å². The molecule has 0 bridgehead atoms. The Kier molecular flexibility index (Phi) is 6.38. The Labute approximate surface area is 124 Å². The molecule has 0 aromatic heterocycles. The lowest BCUT2D eigenvalue weighted by Gasteiger charge is -2.14. The summed E-state index contributed by atoms with van der Waals surface area (Å²) >= 11 is 5.96. The van der Waals surface area contributed by atoms with Gasteiger partial charge < -0.3 is 14.8 Å². The van der Waals surface area contributed by atoms with E-state index < -0.39 is 10.0 Å². The van der Waals surface area contributed by atoms with Gasteiger partial charge in [0.25, 0.3) is 0 Å². The summed E-state index contributed by atoms with van der Waals surface area (Å²) in [7, 11) is 1.22. The van der Waals surface area contributed by atoms with Gasteiger partial charge in [-0.25, -0.2) is 8.42 Å². The average molecular weight is 323 g/mol. The van der Waals surface area contributed by atoms with Crippen molar-refractivity contribution in [1.29, 1.82) is 0 Å². The van der Waals surface area contributed by atoms with E-state index in [1.54, 1.807) is 7.05 Å². The summed E-state index contributed by atoms with van der Waals surface area (Å²) in [4.78, 5) is 0. The highest BCUT2D eigenvalue weighted by Gasteiger charge is 2.16.